The van der Waals surface area contributed by atoms with E-state index in [4.69, 9.17) is 26.1 Å². The Bertz CT molecular complexity index is 1650. The van der Waals surface area contributed by atoms with Crippen molar-refractivity contribution in [1.29, 1.82) is 5.26 Å². The minimum atomic E-state index is 0.448. The number of ether oxygens (including phenoxy) is 2. The standard InChI is InChI=1S/C32H37ClN8O2S/c1-38-7-3-8-41(11-10-38)28-20-27-25(19-29(28)43-17-14-40-12-15-42-16-13-40)31(23(21-34)22-36-27)37-24-4-5-30(26(33)18-24)44-32-35-6-9-39(32)2/h4-6,9,18-20,22H,3,7-8,10-17H2,1-2H3,(H,36,37). The number of pyridine rings is 1. The van der Waals surface area contributed by atoms with Crippen molar-refractivity contribution in [3.05, 3.63) is 59.5 Å². The number of hydrogen-bond acceptors (Lipinski definition) is 10. The van der Waals surface area contributed by atoms with Crippen molar-refractivity contribution < 1.29 is 9.47 Å². The molecule has 2 aliphatic heterocycles. The molecule has 0 aliphatic carbocycles. The number of morpholine rings is 1. The van der Waals surface area contributed by atoms with Crippen LogP contribution in [0.15, 0.2) is 59.0 Å². The number of rotatable bonds is 9. The second kappa shape index (κ2) is 14.1. The van der Waals surface area contributed by atoms with Crippen LogP contribution in [0.2, 0.25) is 5.02 Å². The van der Waals surface area contributed by atoms with Gasteiger partial charge in [-0.3, -0.25) is 9.88 Å². The molecule has 10 nitrogen and oxygen atoms in total. The van der Waals surface area contributed by atoms with E-state index in [9.17, 15) is 5.26 Å². The molecule has 4 aromatic rings. The Hall–Kier alpha value is -3.53. The molecule has 0 bridgehead atoms. The summed E-state index contributed by atoms with van der Waals surface area (Å²) in [4.78, 5) is 17.1. The third-order valence-electron chi connectivity index (χ3n) is 8.08. The number of likely N-dealkylation sites (N-methyl/N-ethyl adjacent to an activating group) is 1. The fraction of sp³-hybridized carbons (Fsp3) is 0.406. The topological polar surface area (TPSA) is 94.7 Å². The lowest BCUT2D eigenvalue weighted by atomic mass is 10.1. The van der Waals surface area contributed by atoms with Crippen LogP contribution in [0.3, 0.4) is 0 Å². The molecule has 6 rings (SSSR count). The van der Waals surface area contributed by atoms with Gasteiger partial charge in [0.05, 0.1) is 40.7 Å². The van der Waals surface area contributed by atoms with Crippen molar-refractivity contribution >= 4 is 51.3 Å². The van der Waals surface area contributed by atoms with E-state index in [-0.39, 0.29) is 0 Å². The summed E-state index contributed by atoms with van der Waals surface area (Å²) in [5.41, 5.74) is 3.74. The molecule has 1 N–H and O–H groups in total. The fourth-order valence-electron chi connectivity index (χ4n) is 5.54. The van der Waals surface area contributed by atoms with Crippen LogP contribution in [0.5, 0.6) is 5.75 Å². The van der Waals surface area contributed by atoms with Gasteiger partial charge in [0.2, 0.25) is 0 Å². The number of aromatic nitrogens is 3. The van der Waals surface area contributed by atoms with Crippen LogP contribution in [-0.4, -0.2) is 97.0 Å². The number of nitriles is 1. The Morgan fingerprint density at radius 3 is 2.70 bits per heavy atom. The van der Waals surface area contributed by atoms with Crippen molar-refractivity contribution in [2.45, 2.75) is 16.5 Å². The average Bonchev–Trinajstić information content (AvgIpc) is 3.31. The van der Waals surface area contributed by atoms with Crippen LogP contribution in [0, 0.1) is 11.3 Å². The van der Waals surface area contributed by atoms with E-state index in [0.717, 1.165) is 104 Å². The Kier molecular flexibility index (Phi) is 9.74. The van der Waals surface area contributed by atoms with E-state index >= 15 is 0 Å². The molecule has 0 spiro atoms. The molecular weight excluding hydrogens is 596 g/mol. The zero-order valence-corrected chi connectivity index (χ0v) is 26.7. The zero-order chi connectivity index (χ0) is 30.5. The predicted octanol–water partition coefficient (Wildman–Crippen LogP) is 5.24. The lowest BCUT2D eigenvalue weighted by Gasteiger charge is -2.28. The highest BCUT2D eigenvalue weighted by Gasteiger charge is 2.21. The highest BCUT2D eigenvalue weighted by atomic mass is 35.5. The molecule has 2 aliphatic rings. The third kappa shape index (κ3) is 7.06. The van der Waals surface area contributed by atoms with Crippen LogP contribution in [-0.2, 0) is 11.8 Å². The van der Waals surface area contributed by atoms with E-state index in [1.54, 1.807) is 12.4 Å². The van der Waals surface area contributed by atoms with Crippen molar-refractivity contribution in [3.8, 4) is 11.8 Å². The van der Waals surface area contributed by atoms with E-state index in [1.165, 1.54) is 11.8 Å². The highest BCUT2D eigenvalue weighted by Crippen LogP contribution is 2.39. The van der Waals surface area contributed by atoms with E-state index in [0.29, 0.717) is 22.9 Å². The summed E-state index contributed by atoms with van der Waals surface area (Å²) in [7, 11) is 4.12. The van der Waals surface area contributed by atoms with E-state index in [1.807, 2.05) is 42.1 Å². The summed E-state index contributed by atoms with van der Waals surface area (Å²) in [6.45, 7) is 8.62. The van der Waals surface area contributed by atoms with Crippen LogP contribution >= 0.6 is 23.4 Å². The van der Waals surface area contributed by atoms with Crippen LogP contribution < -0.4 is 15.0 Å². The Labute approximate surface area is 267 Å². The van der Waals surface area contributed by atoms with Gasteiger partial charge in [0.15, 0.2) is 5.16 Å². The first-order valence-electron chi connectivity index (χ1n) is 14.9. The minimum Gasteiger partial charge on any atom is -0.490 e. The normalized spacial score (nSPS) is 16.5. The van der Waals surface area contributed by atoms with Crippen molar-refractivity contribution in [1.82, 2.24) is 24.3 Å². The number of halogens is 1. The lowest BCUT2D eigenvalue weighted by Crippen LogP contribution is -2.38. The predicted molar refractivity (Wildman–Crippen MR) is 176 cm³/mol. The average molecular weight is 633 g/mol. The third-order valence-corrected chi connectivity index (χ3v) is 9.65. The largest absolute Gasteiger partial charge is 0.490 e. The van der Waals surface area contributed by atoms with Gasteiger partial charge in [0.1, 0.15) is 18.4 Å². The second-order valence-corrected chi connectivity index (χ2v) is 12.6. The molecule has 0 atom stereocenters. The van der Waals surface area contributed by atoms with Gasteiger partial charge in [-0.05, 0) is 50.3 Å². The molecule has 0 radical (unpaired) electrons. The number of imidazole rings is 1. The zero-order valence-electron chi connectivity index (χ0n) is 25.1. The maximum absolute atomic E-state index is 10.1. The summed E-state index contributed by atoms with van der Waals surface area (Å²) < 4.78 is 14.0. The maximum Gasteiger partial charge on any atom is 0.172 e. The van der Waals surface area contributed by atoms with E-state index in [2.05, 4.69) is 44.2 Å². The molecule has 0 saturated carbocycles. The van der Waals surface area contributed by atoms with Gasteiger partial charge in [0, 0.05) is 80.9 Å². The van der Waals surface area contributed by atoms with Crippen molar-refractivity contribution in [2.75, 3.05) is 82.9 Å². The Balaban J connectivity index is 1.32. The molecule has 230 valence electrons. The molecule has 2 aromatic heterocycles. The number of aryl methyl sites for hydroxylation is 1. The van der Waals surface area contributed by atoms with Crippen LogP contribution in [0.25, 0.3) is 10.9 Å². The molecule has 12 heteroatoms. The molecule has 4 heterocycles. The van der Waals surface area contributed by atoms with Gasteiger partial charge >= 0.3 is 0 Å². The molecular formula is C32H37ClN8O2S. The fourth-order valence-corrected chi connectivity index (χ4v) is 6.65. The van der Waals surface area contributed by atoms with Gasteiger partial charge < -0.3 is 29.2 Å². The number of nitrogens with one attached hydrogen (secondary N) is 1. The summed E-state index contributed by atoms with van der Waals surface area (Å²) >= 11 is 8.22. The van der Waals surface area contributed by atoms with Crippen molar-refractivity contribution in [3.63, 3.8) is 0 Å². The first-order valence-corrected chi connectivity index (χ1v) is 16.1. The lowest BCUT2D eigenvalue weighted by molar-refractivity contribution is 0.0323. The number of fused-ring (bicyclic) bond motifs is 1. The molecule has 2 aromatic carbocycles. The quantitative estimate of drug-likeness (QED) is 0.264. The number of nitrogens with zero attached hydrogens (tertiary/aromatic N) is 7. The summed E-state index contributed by atoms with van der Waals surface area (Å²) in [6.07, 6.45) is 6.38. The van der Waals surface area contributed by atoms with Gasteiger partial charge in [-0.1, -0.05) is 23.4 Å². The highest BCUT2D eigenvalue weighted by molar-refractivity contribution is 7.99. The van der Waals surface area contributed by atoms with Gasteiger partial charge in [-0.25, -0.2) is 4.98 Å². The molecule has 2 fully saturated rings. The van der Waals surface area contributed by atoms with Crippen molar-refractivity contribution in [2.24, 2.45) is 7.05 Å². The van der Waals surface area contributed by atoms with Crippen LogP contribution in [0.4, 0.5) is 17.1 Å². The van der Waals surface area contributed by atoms with Gasteiger partial charge in [0.25, 0.3) is 0 Å². The molecule has 0 amide bonds. The smallest absolute Gasteiger partial charge is 0.172 e. The molecule has 0 unspecified atom stereocenters. The minimum absolute atomic E-state index is 0.448. The number of benzene rings is 2. The monoisotopic (exact) mass is 632 g/mol. The summed E-state index contributed by atoms with van der Waals surface area (Å²) in [5, 5.41) is 15.8. The molecule has 2 saturated heterocycles. The summed E-state index contributed by atoms with van der Waals surface area (Å²) in [6, 6.07) is 12.3. The summed E-state index contributed by atoms with van der Waals surface area (Å²) in [5.74, 6) is 0.801. The maximum atomic E-state index is 10.1. The first kappa shape index (κ1) is 30.5. The Morgan fingerprint density at radius 2 is 1.93 bits per heavy atom. The van der Waals surface area contributed by atoms with Gasteiger partial charge in [-0.2, -0.15) is 5.26 Å². The van der Waals surface area contributed by atoms with Crippen LogP contribution in [0.1, 0.15) is 12.0 Å². The number of anilines is 3. The Morgan fingerprint density at radius 1 is 1.07 bits per heavy atom. The number of hydrogen-bond donors (Lipinski definition) is 1. The van der Waals surface area contributed by atoms with E-state index < -0.39 is 0 Å². The SMILES string of the molecule is CN1CCCN(c2cc3ncc(C#N)c(Nc4ccc(Sc5nccn5C)c(Cl)c4)c3cc2OCCN2CCOCC2)CC1. The second-order valence-electron chi connectivity index (χ2n) is 11.1. The molecule has 44 heavy (non-hydrogen) atoms. The van der Waals surface area contributed by atoms with Gasteiger partial charge in [-0.15, -0.1) is 0 Å². The first-order chi connectivity index (χ1) is 21.5.